The molecule has 0 saturated carbocycles. The number of hydrogen-bond acceptors (Lipinski definition) is 6. The standard InChI is InChI=1S/C14H7BrN4OS2/c15-8-2-4-10-12(6-8)21-14(16-10)17-13(20)7-1-3-9-11(5-7)19-22-18-9/h1-6H,(H,16,17,20). The number of anilines is 1. The van der Waals surface area contributed by atoms with E-state index < -0.39 is 0 Å². The van der Waals surface area contributed by atoms with Gasteiger partial charge in [-0.3, -0.25) is 10.1 Å². The molecule has 0 radical (unpaired) electrons. The molecule has 1 N–H and O–H groups in total. The Labute approximate surface area is 141 Å². The van der Waals surface area contributed by atoms with Gasteiger partial charge in [-0.1, -0.05) is 27.3 Å². The van der Waals surface area contributed by atoms with Gasteiger partial charge in [-0.05, 0) is 36.4 Å². The molecule has 0 saturated heterocycles. The quantitative estimate of drug-likeness (QED) is 0.553. The number of nitrogens with one attached hydrogen (secondary N) is 1. The Kier molecular flexibility index (Phi) is 3.36. The van der Waals surface area contributed by atoms with Crippen LogP contribution in [-0.2, 0) is 0 Å². The van der Waals surface area contributed by atoms with E-state index in [-0.39, 0.29) is 5.91 Å². The third-order valence-electron chi connectivity index (χ3n) is 3.09. The van der Waals surface area contributed by atoms with Gasteiger partial charge in [0.25, 0.3) is 5.91 Å². The van der Waals surface area contributed by atoms with E-state index in [0.717, 1.165) is 37.5 Å². The molecule has 0 unspecified atom stereocenters. The summed E-state index contributed by atoms with van der Waals surface area (Å²) in [6, 6.07) is 11.1. The van der Waals surface area contributed by atoms with Crippen molar-refractivity contribution in [2.75, 3.05) is 5.32 Å². The maximum Gasteiger partial charge on any atom is 0.257 e. The van der Waals surface area contributed by atoms with Crippen molar-refractivity contribution in [1.29, 1.82) is 0 Å². The summed E-state index contributed by atoms with van der Waals surface area (Å²) >= 11 is 6.00. The Balaban J connectivity index is 1.64. The van der Waals surface area contributed by atoms with Gasteiger partial charge in [0.15, 0.2) is 5.13 Å². The maximum atomic E-state index is 12.3. The van der Waals surface area contributed by atoms with Gasteiger partial charge in [-0.2, -0.15) is 8.75 Å². The highest BCUT2D eigenvalue weighted by Gasteiger charge is 2.11. The van der Waals surface area contributed by atoms with Gasteiger partial charge >= 0.3 is 0 Å². The zero-order chi connectivity index (χ0) is 15.1. The summed E-state index contributed by atoms with van der Waals surface area (Å²) in [5, 5.41) is 3.41. The van der Waals surface area contributed by atoms with Gasteiger partial charge in [-0.15, -0.1) is 0 Å². The van der Waals surface area contributed by atoms with Gasteiger partial charge in [0.05, 0.1) is 21.9 Å². The number of fused-ring (bicyclic) bond motifs is 2. The second-order valence-electron chi connectivity index (χ2n) is 4.55. The van der Waals surface area contributed by atoms with Crippen molar-refractivity contribution in [2.45, 2.75) is 0 Å². The van der Waals surface area contributed by atoms with Crippen LogP contribution in [-0.4, -0.2) is 19.6 Å². The molecule has 108 valence electrons. The monoisotopic (exact) mass is 390 g/mol. The summed E-state index contributed by atoms with van der Waals surface area (Å²) in [6.45, 7) is 0. The van der Waals surface area contributed by atoms with Crippen LogP contribution < -0.4 is 5.32 Å². The van der Waals surface area contributed by atoms with Crippen molar-refractivity contribution in [3.05, 3.63) is 46.4 Å². The predicted molar refractivity (Wildman–Crippen MR) is 92.7 cm³/mol. The Morgan fingerprint density at radius 3 is 2.77 bits per heavy atom. The molecule has 0 atom stereocenters. The van der Waals surface area contributed by atoms with Gasteiger partial charge in [0.1, 0.15) is 11.0 Å². The number of thiazole rings is 1. The summed E-state index contributed by atoms with van der Waals surface area (Å²) in [6.07, 6.45) is 0. The summed E-state index contributed by atoms with van der Waals surface area (Å²) < 4.78 is 10.3. The van der Waals surface area contributed by atoms with Crippen LogP contribution in [0.4, 0.5) is 5.13 Å². The first-order valence-electron chi connectivity index (χ1n) is 6.29. The van der Waals surface area contributed by atoms with Crippen LogP contribution in [0.15, 0.2) is 40.9 Å². The van der Waals surface area contributed by atoms with Crippen LogP contribution in [0.25, 0.3) is 21.3 Å². The zero-order valence-electron chi connectivity index (χ0n) is 10.9. The molecule has 2 heterocycles. The number of halogens is 1. The SMILES string of the molecule is O=C(Nc1nc2ccc(Br)cc2s1)c1ccc2nsnc2c1. The average molecular weight is 391 g/mol. The first-order chi connectivity index (χ1) is 10.7. The highest BCUT2D eigenvalue weighted by Crippen LogP contribution is 2.28. The average Bonchev–Trinajstić information content (AvgIpc) is 3.11. The normalized spacial score (nSPS) is 11.1. The lowest BCUT2D eigenvalue weighted by atomic mass is 10.2. The van der Waals surface area contributed by atoms with Crippen LogP contribution >= 0.6 is 39.0 Å². The van der Waals surface area contributed by atoms with Crippen molar-refractivity contribution in [1.82, 2.24) is 13.7 Å². The molecule has 0 spiro atoms. The van der Waals surface area contributed by atoms with Crippen LogP contribution in [0.1, 0.15) is 10.4 Å². The third-order valence-corrected chi connectivity index (χ3v) is 5.07. The van der Waals surface area contributed by atoms with Crippen LogP contribution in [0.5, 0.6) is 0 Å². The van der Waals surface area contributed by atoms with E-state index >= 15 is 0 Å². The first kappa shape index (κ1) is 13.7. The van der Waals surface area contributed by atoms with Gasteiger partial charge in [-0.25, -0.2) is 4.98 Å². The van der Waals surface area contributed by atoms with Crippen LogP contribution in [0.3, 0.4) is 0 Å². The van der Waals surface area contributed by atoms with Gasteiger partial charge < -0.3 is 0 Å². The number of rotatable bonds is 2. The molecule has 8 heteroatoms. The number of amides is 1. The first-order valence-corrected chi connectivity index (χ1v) is 8.63. The summed E-state index contributed by atoms with van der Waals surface area (Å²) in [7, 11) is 0. The summed E-state index contributed by atoms with van der Waals surface area (Å²) in [5.41, 5.74) is 2.93. The Hall–Kier alpha value is -1.90. The molecule has 0 aliphatic heterocycles. The highest BCUT2D eigenvalue weighted by atomic mass is 79.9. The van der Waals surface area contributed by atoms with E-state index in [9.17, 15) is 4.79 Å². The molecule has 4 aromatic rings. The van der Waals surface area contributed by atoms with Crippen molar-refractivity contribution in [3.63, 3.8) is 0 Å². The number of benzene rings is 2. The fourth-order valence-corrected chi connectivity index (χ4v) is 3.97. The fourth-order valence-electron chi connectivity index (χ4n) is 2.04. The molecule has 5 nitrogen and oxygen atoms in total. The fraction of sp³-hybridized carbons (Fsp3) is 0. The summed E-state index contributed by atoms with van der Waals surface area (Å²) in [4.78, 5) is 16.7. The molecule has 0 fully saturated rings. The zero-order valence-corrected chi connectivity index (χ0v) is 14.1. The van der Waals surface area contributed by atoms with Crippen molar-refractivity contribution >= 4 is 71.3 Å². The lowest BCUT2D eigenvalue weighted by Gasteiger charge is -2.00. The Bertz CT molecular complexity index is 1010. The van der Waals surface area contributed by atoms with E-state index in [1.54, 1.807) is 18.2 Å². The Morgan fingerprint density at radius 2 is 1.86 bits per heavy atom. The predicted octanol–water partition coefficient (Wildman–Crippen LogP) is 4.32. The van der Waals surface area contributed by atoms with Crippen LogP contribution in [0.2, 0.25) is 0 Å². The minimum absolute atomic E-state index is 0.201. The van der Waals surface area contributed by atoms with E-state index in [1.807, 2.05) is 18.2 Å². The molecular formula is C14H7BrN4OS2. The Morgan fingerprint density at radius 1 is 1.05 bits per heavy atom. The summed E-state index contributed by atoms with van der Waals surface area (Å²) in [5.74, 6) is -0.201. The number of carbonyl (C=O) groups is 1. The molecule has 2 aromatic carbocycles. The lowest BCUT2D eigenvalue weighted by Crippen LogP contribution is -2.11. The van der Waals surface area contributed by atoms with Crippen molar-refractivity contribution in [3.8, 4) is 0 Å². The van der Waals surface area contributed by atoms with Crippen molar-refractivity contribution in [2.24, 2.45) is 0 Å². The van der Waals surface area contributed by atoms with Crippen molar-refractivity contribution < 1.29 is 4.79 Å². The molecular weight excluding hydrogens is 384 g/mol. The van der Waals surface area contributed by atoms with E-state index in [1.165, 1.54) is 11.3 Å². The lowest BCUT2D eigenvalue weighted by molar-refractivity contribution is 0.102. The molecule has 22 heavy (non-hydrogen) atoms. The second-order valence-corrected chi connectivity index (χ2v) is 7.03. The largest absolute Gasteiger partial charge is 0.298 e. The molecule has 0 bridgehead atoms. The number of nitrogens with zero attached hydrogens (tertiary/aromatic N) is 3. The molecule has 0 aliphatic carbocycles. The van der Waals surface area contributed by atoms with E-state index in [0.29, 0.717) is 10.7 Å². The van der Waals surface area contributed by atoms with Crippen LogP contribution in [0, 0.1) is 0 Å². The third kappa shape index (κ3) is 2.49. The van der Waals surface area contributed by atoms with E-state index in [2.05, 4.69) is 35.0 Å². The number of aromatic nitrogens is 3. The number of carbonyl (C=O) groups excluding carboxylic acids is 1. The minimum atomic E-state index is -0.201. The smallest absolute Gasteiger partial charge is 0.257 e. The molecule has 4 rings (SSSR count). The molecule has 0 aliphatic rings. The molecule has 1 amide bonds. The van der Waals surface area contributed by atoms with E-state index in [4.69, 9.17) is 0 Å². The minimum Gasteiger partial charge on any atom is -0.298 e. The highest BCUT2D eigenvalue weighted by molar-refractivity contribution is 9.10. The van der Waals surface area contributed by atoms with Gasteiger partial charge in [0.2, 0.25) is 0 Å². The molecule has 2 aromatic heterocycles. The second kappa shape index (κ2) is 5.38. The van der Waals surface area contributed by atoms with Gasteiger partial charge in [0, 0.05) is 10.0 Å². The maximum absolute atomic E-state index is 12.3. The topological polar surface area (TPSA) is 67.8 Å². The number of hydrogen-bond donors (Lipinski definition) is 1.